The van der Waals surface area contributed by atoms with Crippen LogP contribution in [0.3, 0.4) is 0 Å². The fourth-order valence-electron chi connectivity index (χ4n) is 5.06. The molecule has 4 bridgehead atoms. The molecule has 0 saturated carbocycles. The van der Waals surface area contributed by atoms with Gasteiger partial charge >= 0.3 is 5.97 Å². The maximum atomic E-state index is 13.5. The zero-order valence-electron chi connectivity index (χ0n) is 24.1. The molecule has 3 aromatic rings. The Morgan fingerprint density at radius 2 is 1.67 bits per heavy atom. The number of H-pyrrole nitrogens is 1. The number of nitrogens with zero attached hydrogens (tertiary/aromatic N) is 1. The van der Waals surface area contributed by atoms with Crippen molar-refractivity contribution in [2.24, 2.45) is 16.5 Å². The number of allylic oxidation sites excluding steroid dienone is 1. The lowest BCUT2D eigenvalue weighted by Gasteiger charge is -2.24. The molecular formula is C30H38ClN7O5. The second kappa shape index (κ2) is 15.1. The molecule has 230 valence electrons. The van der Waals surface area contributed by atoms with Gasteiger partial charge in [0.05, 0.1) is 7.11 Å². The van der Waals surface area contributed by atoms with Crippen LogP contribution in [0, 0.1) is 0 Å². The fraction of sp³-hybridized carbons (Fsp3) is 0.367. The Morgan fingerprint density at radius 3 is 2.33 bits per heavy atom. The Bertz CT molecular complexity index is 1550. The average Bonchev–Trinajstić information content (AvgIpc) is 3.31. The molecule has 0 spiro atoms. The summed E-state index contributed by atoms with van der Waals surface area (Å²) >= 11 is 0. The minimum atomic E-state index is -1.02. The number of fused-ring (bicyclic) bond motifs is 2. The van der Waals surface area contributed by atoms with Gasteiger partial charge in [-0.3, -0.25) is 19.4 Å². The molecule has 43 heavy (non-hydrogen) atoms. The number of esters is 1. The Balaban J connectivity index is 0.00000506. The Morgan fingerprint density at radius 1 is 1.00 bits per heavy atom. The van der Waals surface area contributed by atoms with Crippen molar-refractivity contribution < 1.29 is 23.9 Å². The lowest BCUT2D eigenvalue weighted by molar-refractivity contribution is -0.145. The lowest BCUT2D eigenvalue weighted by Crippen LogP contribution is -2.56. The highest BCUT2D eigenvalue weighted by Gasteiger charge is 2.29. The Hall–Kier alpha value is -4.58. The number of carbonyl (C=O) groups excluding carboxylic acids is 4. The number of carbonyl (C=O) groups is 4. The minimum Gasteiger partial charge on any atom is -0.467 e. The number of guanidine groups is 1. The SMILES string of the molecule is COC(=O)[C@@H]1CC=CCc2ccc3[nH]c4ccc(cc4c3c2)CC(NC(C)=O)C(=O)N[C@@H](CCCN=C(N)N)C(=O)N1.Cl. The highest BCUT2D eigenvalue weighted by atomic mass is 35.5. The van der Waals surface area contributed by atoms with E-state index in [-0.39, 0.29) is 50.1 Å². The third-order valence-electron chi connectivity index (χ3n) is 7.13. The van der Waals surface area contributed by atoms with E-state index < -0.39 is 35.9 Å². The third kappa shape index (κ3) is 8.71. The quantitative estimate of drug-likeness (QED) is 0.0798. The second-order valence-electron chi connectivity index (χ2n) is 10.3. The molecule has 1 aromatic heterocycles. The van der Waals surface area contributed by atoms with Crippen molar-refractivity contribution in [2.75, 3.05) is 13.7 Å². The summed E-state index contributed by atoms with van der Waals surface area (Å²) in [4.78, 5) is 58.9. The minimum absolute atomic E-state index is 0. The van der Waals surface area contributed by atoms with Gasteiger partial charge in [0.1, 0.15) is 18.1 Å². The Kier molecular flexibility index (Phi) is 11.5. The predicted octanol–water partition coefficient (Wildman–Crippen LogP) is 1.49. The van der Waals surface area contributed by atoms with Crippen molar-refractivity contribution in [2.45, 2.75) is 57.2 Å². The van der Waals surface area contributed by atoms with Crippen LogP contribution >= 0.6 is 12.4 Å². The number of hydrogen-bond acceptors (Lipinski definition) is 6. The first-order chi connectivity index (χ1) is 20.1. The van der Waals surface area contributed by atoms with E-state index in [1.54, 1.807) is 0 Å². The molecule has 2 aromatic carbocycles. The predicted molar refractivity (Wildman–Crippen MR) is 168 cm³/mol. The normalized spacial score (nSPS) is 19.3. The van der Waals surface area contributed by atoms with Crippen LogP contribution < -0.4 is 27.4 Å². The number of amides is 3. The molecule has 8 N–H and O–H groups in total. The van der Waals surface area contributed by atoms with Crippen LogP contribution in [0.4, 0.5) is 0 Å². The molecule has 3 amide bonds. The summed E-state index contributed by atoms with van der Waals surface area (Å²) in [5.74, 6) is -2.19. The first-order valence-electron chi connectivity index (χ1n) is 13.8. The maximum absolute atomic E-state index is 13.5. The molecule has 0 saturated heterocycles. The highest BCUT2D eigenvalue weighted by molar-refractivity contribution is 6.07. The van der Waals surface area contributed by atoms with E-state index in [9.17, 15) is 19.2 Å². The van der Waals surface area contributed by atoms with Crippen LogP contribution in [-0.2, 0) is 36.8 Å². The summed E-state index contributed by atoms with van der Waals surface area (Å²) in [5, 5.41) is 10.2. The number of aliphatic imine (C=N–C) groups is 1. The number of nitrogens with one attached hydrogen (secondary N) is 4. The Labute approximate surface area is 255 Å². The summed E-state index contributed by atoms with van der Waals surface area (Å²) in [6.07, 6.45) is 5.34. The molecule has 0 fully saturated rings. The van der Waals surface area contributed by atoms with Gasteiger partial charge in [0.2, 0.25) is 17.7 Å². The first-order valence-corrected chi connectivity index (χ1v) is 13.8. The highest BCUT2D eigenvalue weighted by Crippen LogP contribution is 2.28. The van der Waals surface area contributed by atoms with Crippen molar-refractivity contribution in [1.82, 2.24) is 20.9 Å². The molecule has 12 nitrogen and oxygen atoms in total. The van der Waals surface area contributed by atoms with E-state index in [1.807, 2.05) is 42.5 Å². The van der Waals surface area contributed by atoms with Crippen LogP contribution in [0.25, 0.3) is 21.8 Å². The maximum Gasteiger partial charge on any atom is 0.328 e. The summed E-state index contributed by atoms with van der Waals surface area (Å²) < 4.78 is 4.92. The smallest absolute Gasteiger partial charge is 0.328 e. The number of ether oxygens (including phenoxy) is 1. The monoisotopic (exact) mass is 611 g/mol. The van der Waals surface area contributed by atoms with E-state index in [4.69, 9.17) is 16.2 Å². The van der Waals surface area contributed by atoms with E-state index in [0.29, 0.717) is 12.8 Å². The second-order valence-corrected chi connectivity index (χ2v) is 10.3. The standard InChI is InChI=1S/C30H37N7O5.ClH/c1-17(38)34-26-16-19-10-12-23-21(15-19)20-14-18(9-11-22(20)35-23)6-3-4-7-25(29(41)42-2)37-27(39)24(36-28(26)40)8-5-13-33-30(31)32;/h3-4,9-12,14-15,24-26,35H,5-8,13,16H2,1-2H3,(H,34,38)(H,36,40)(H,37,39)(H4,31,32,33);1H/t24-,25-,26?;/m0./s1. The number of benzene rings is 2. The third-order valence-corrected chi connectivity index (χ3v) is 7.13. The van der Waals surface area contributed by atoms with Gasteiger partial charge in [0.15, 0.2) is 5.96 Å². The van der Waals surface area contributed by atoms with E-state index >= 15 is 0 Å². The number of halogens is 1. The zero-order chi connectivity index (χ0) is 30.2. The molecule has 3 atom stereocenters. The van der Waals surface area contributed by atoms with Gasteiger partial charge < -0.3 is 37.1 Å². The molecule has 1 aliphatic rings. The summed E-state index contributed by atoms with van der Waals surface area (Å²) in [7, 11) is 1.25. The van der Waals surface area contributed by atoms with Gasteiger partial charge in [0, 0.05) is 41.7 Å². The van der Waals surface area contributed by atoms with Crippen LogP contribution in [0.1, 0.15) is 37.3 Å². The summed E-state index contributed by atoms with van der Waals surface area (Å²) in [5.41, 5.74) is 14.7. The number of nitrogens with two attached hydrogens (primary N) is 2. The van der Waals surface area contributed by atoms with Gasteiger partial charge in [-0.1, -0.05) is 24.3 Å². The largest absolute Gasteiger partial charge is 0.467 e. The van der Waals surface area contributed by atoms with E-state index in [1.165, 1.54) is 14.0 Å². The number of aromatic nitrogens is 1. The molecule has 0 radical (unpaired) electrons. The van der Waals surface area contributed by atoms with Crippen LogP contribution in [0.2, 0.25) is 0 Å². The summed E-state index contributed by atoms with van der Waals surface area (Å²) in [6.45, 7) is 1.57. The molecule has 1 aliphatic heterocycles. The first kappa shape index (κ1) is 32.9. The average molecular weight is 612 g/mol. The van der Waals surface area contributed by atoms with E-state index in [2.05, 4.69) is 32.0 Å². The lowest BCUT2D eigenvalue weighted by atomic mass is 10.0. The van der Waals surface area contributed by atoms with Gasteiger partial charge in [-0.25, -0.2) is 4.79 Å². The van der Waals surface area contributed by atoms with Crippen LogP contribution in [0.5, 0.6) is 0 Å². The van der Waals surface area contributed by atoms with Gasteiger partial charge in [0.25, 0.3) is 0 Å². The molecular weight excluding hydrogens is 574 g/mol. The van der Waals surface area contributed by atoms with Crippen molar-refractivity contribution in [3.63, 3.8) is 0 Å². The molecule has 0 aliphatic carbocycles. The van der Waals surface area contributed by atoms with Gasteiger partial charge in [-0.15, -0.1) is 12.4 Å². The number of rotatable bonds is 6. The molecule has 4 rings (SSSR count). The number of hydrogen-bond donors (Lipinski definition) is 6. The van der Waals surface area contributed by atoms with E-state index in [0.717, 1.165) is 32.9 Å². The van der Waals surface area contributed by atoms with Gasteiger partial charge in [-0.05, 0) is 61.1 Å². The molecule has 2 heterocycles. The molecule has 1 unspecified atom stereocenters. The summed E-state index contributed by atoms with van der Waals surface area (Å²) in [6, 6.07) is 9.10. The number of aromatic amines is 1. The van der Waals surface area contributed by atoms with Crippen LogP contribution in [-0.4, -0.2) is 66.4 Å². The van der Waals surface area contributed by atoms with Crippen molar-refractivity contribution >= 4 is 63.9 Å². The number of methoxy groups -OCH3 is 1. The molecule has 13 heteroatoms. The van der Waals surface area contributed by atoms with Crippen molar-refractivity contribution in [3.05, 3.63) is 59.7 Å². The topological polar surface area (TPSA) is 194 Å². The van der Waals surface area contributed by atoms with Crippen LogP contribution in [0.15, 0.2) is 53.5 Å². The fourth-order valence-corrected chi connectivity index (χ4v) is 5.06. The zero-order valence-corrected chi connectivity index (χ0v) is 25.0. The van der Waals surface area contributed by atoms with Gasteiger partial charge in [-0.2, -0.15) is 0 Å². The van der Waals surface area contributed by atoms with Crippen molar-refractivity contribution in [3.8, 4) is 0 Å². The van der Waals surface area contributed by atoms with Crippen molar-refractivity contribution in [1.29, 1.82) is 0 Å².